The molecule has 12 rings (SSSR count). The Balaban J connectivity index is 0.000000170. The topological polar surface area (TPSA) is 150 Å². The maximum Gasteiger partial charge on any atom is 0.260 e. The third-order valence-corrected chi connectivity index (χ3v) is 16.1. The Labute approximate surface area is 478 Å². The summed E-state index contributed by atoms with van der Waals surface area (Å²) in [7, 11) is 0. The first-order valence-corrected chi connectivity index (χ1v) is 28.9. The molecule has 81 heavy (non-hydrogen) atoms. The Bertz CT molecular complexity index is 3440. The highest BCUT2D eigenvalue weighted by atomic mass is 35.5. The summed E-state index contributed by atoms with van der Waals surface area (Å²) in [6.45, 7) is 11.4. The molecule has 414 valence electrons. The molecule has 8 aromatic rings. The first kappa shape index (κ1) is 54.9. The summed E-state index contributed by atoms with van der Waals surface area (Å²) in [5, 5.41) is 12.7. The van der Waals surface area contributed by atoms with Crippen LogP contribution in [0.4, 0.5) is 27.7 Å². The quantitative estimate of drug-likeness (QED) is 0.0608. The van der Waals surface area contributed by atoms with Crippen LogP contribution in [0.2, 0.25) is 5.02 Å². The fourth-order valence-electron chi connectivity index (χ4n) is 11.6. The monoisotopic (exact) mass is 1100 g/mol. The molecule has 2 saturated heterocycles. The predicted molar refractivity (Wildman–Crippen MR) is 321 cm³/mol. The van der Waals surface area contributed by atoms with E-state index in [4.69, 9.17) is 26.3 Å². The van der Waals surface area contributed by atoms with Crippen LogP contribution in [-0.4, -0.2) is 101 Å². The molecule has 2 fully saturated rings. The lowest BCUT2D eigenvalue weighted by molar-refractivity contribution is 0.101. The molecule has 2 atom stereocenters. The second-order valence-corrected chi connectivity index (χ2v) is 21.6. The second kappa shape index (κ2) is 26.0. The number of amides is 2. The summed E-state index contributed by atoms with van der Waals surface area (Å²) in [4.78, 5) is 49.6. The van der Waals surface area contributed by atoms with Crippen molar-refractivity contribution < 1.29 is 18.7 Å². The van der Waals surface area contributed by atoms with Crippen LogP contribution in [0.25, 0.3) is 22.5 Å². The van der Waals surface area contributed by atoms with Gasteiger partial charge in [0.1, 0.15) is 11.6 Å². The van der Waals surface area contributed by atoms with Gasteiger partial charge in [-0.3, -0.25) is 9.59 Å². The van der Waals surface area contributed by atoms with Gasteiger partial charge in [0.05, 0.1) is 28.6 Å². The van der Waals surface area contributed by atoms with Gasteiger partial charge in [-0.2, -0.15) is 0 Å². The number of hydrogen-bond acceptors (Lipinski definition) is 11. The molecule has 0 spiro atoms. The first-order valence-electron chi connectivity index (χ1n) is 28.6. The Morgan fingerprint density at radius 3 is 1.56 bits per heavy atom. The van der Waals surface area contributed by atoms with Gasteiger partial charge in [-0.05, 0) is 192 Å². The zero-order valence-corrected chi connectivity index (χ0v) is 46.5. The third-order valence-electron chi connectivity index (χ3n) is 15.8. The molecule has 15 heteroatoms. The van der Waals surface area contributed by atoms with Crippen molar-refractivity contribution in [3.05, 3.63) is 207 Å². The highest BCUT2D eigenvalue weighted by Crippen LogP contribution is 2.44. The lowest BCUT2D eigenvalue weighted by Gasteiger charge is -2.27. The van der Waals surface area contributed by atoms with E-state index in [1.54, 1.807) is 12.1 Å². The lowest BCUT2D eigenvalue weighted by atomic mass is 9.78. The van der Waals surface area contributed by atoms with Gasteiger partial charge in [-0.1, -0.05) is 90.5 Å². The van der Waals surface area contributed by atoms with E-state index in [0.717, 1.165) is 103 Å². The maximum absolute atomic E-state index is 14.2. The fourth-order valence-corrected chi connectivity index (χ4v) is 11.9. The summed E-state index contributed by atoms with van der Waals surface area (Å²) in [6, 6.07) is 44.2. The first-order chi connectivity index (χ1) is 39.7. The van der Waals surface area contributed by atoms with Crippen LogP contribution in [-0.2, 0) is 12.8 Å². The average Bonchev–Trinajstić information content (AvgIpc) is 4.31. The largest absolute Gasteiger partial charge is 0.494 e. The number of anilines is 4. The van der Waals surface area contributed by atoms with Crippen molar-refractivity contribution in [2.75, 3.05) is 80.2 Å². The van der Waals surface area contributed by atoms with Gasteiger partial charge in [0.25, 0.3) is 11.8 Å². The molecule has 4 aliphatic rings. The number of likely N-dealkylation sites (tertiary alicyclic amines) is 2. The number of halogens is 2. The van der Waals surface area contributed by atoms with Crippen LogP contribution >= 0.6 is 11.6 Å². The summed E-state index contributed by atoms with van der Waals surface area (Å²) in [5.41, 5.74) is 13.1. The Morgan fingerprint density at radius 2 is 1.07 bits per heavy atom. The van der Waals surface area contributed by atoms with Crippen molar-refractivity contribution in [2.24, 2.45) is 0 Å². The molecule has 2 unspecified atom stereocenters. The number of carbonyl (C=O) groups excluding carboxylic acids is 2. The second-order valence-electron chi connectivity index (χ2n) is 21.2. The molecule has 0 saturated carbocycles. The van der Waals surface area contributed by atoms with Gasteiger partial charge in [-0.25, -0.2) is 24.3 Å². The van der Waals surface area contributed by atoms with Gasteiger partial charge in [0.15, 0.2) is 0 Å². The van der Waals surface area contributed by atoms with Crippen molar-refractivity contribution in [3.63, 3.8) is 0 Å². The SMILES string of the molecule is CCOc1ccc(C(=O)Nc2ccc(C3Cc4cnc(NCCCN5CCCC5)nc4-c4ccccc43)cc2)cc1.O=C(Nc1ccc(C2Cc3cnc(NCCCN4CCCC4)nc3-c3ccccc32)cc1)c1c(F)cccc1Cl. The van der Waals surface area contributed by atoms with Crippen LogP contribution < -0.4 is 26.0 Å². The van der Waals surface area contributed by atoms with Crippen molar-refractivity contribution in [1.29, 1.82) is 0 Å². The van der Waals surface area contributed by atoms with Crippen LogP contribution in [0.5, 0.6) is 5.75 Å². The van der Waals surface area contributed by atoms with E-state index < -0.39 is 11.7 Å². The zero-order chi connectivity index (χ0) is 55.5. The van der Waals surface area contributed by atoms with E-state index in [1.807, 2.05) is 73.9 Å². The number of nitrogens with zero attached hydrogens (tertiary/aromatic N) is 6. The normalized spacial score (nSPS) is 16.2. The van der Waals surface area contributed by atoms with Gasteiger partial charge in [0, 0.05) is 65.4 Å². The molecule has 6 aromatic carbocycles. The zero-order valence-electron chi connectivity index (χ0n) is 45.8. The maximum atomic E-state index is 14.2. The molecule has 4 heterocycles. The highest BCUT2D eigenvalue weighted by Gasteiger charge is 2.30. The fraction of sp³-hybridized carbons (Fsp3) is 0.303. The standard InChI is InChI=1S/C34H37N5O2.C32H31ClFN5O/c1-2-41-28-16-12-25(13-17-28)33(40)37-27-14-10-24(11-15-27)31-22-26-23-36-34(35-18-7-21-39-19-5-6-20-39)38-32(26)30-9-4-3-8-29(30)31;33-27-9-5-10-28(34)29(27)31(40)37-23-13-11-21(12-14-23)26-19-22-20-36-32(35-15-6-18-39-16-3-4-17-39)38-30(22)25-8-2-1-7-24(25)26/h3-4,8-17,23,31H,2,5-7,18-22H2,1H3,(H,37,40)(H,35,36,38);1-2,5,7-14,20,26H,3-4,6,15-19H2,(H,37,40)(H,35,36,38). The summed E-state index contributed by atoms with van der Waals surface area (Å²) in [5.74, 6) is 1.07. The van der Waals surface area contributed by atoms with Crippen LogP contribution in [0.15, 0.2) is 152 Å². The van der Waals surface area contributed by atoms with Gasteiger partial charge in [-0.15, -0.1) is 0 Å². The average molecular weight is 1100 g/mol. The summed E-state index contributed by atoms with van der Waals surface area (Å²) >= 11 is 6.06. The van der Waals surface area contributed by atoms with E-state index in [0.29, 0.717) is 29.8 Å². The molecule has 0 radical (unpaired) electrons. The van der Waals surface area contributed by atoms with E-state index >= 15 is 0 Å². The Hall–Kier alpha value is -8.04. The molecule has 4 N–H and O–H groups in total. The molecule has 2 aromatic heterocycles. The van der Waals surface area contributed by atoms with Crippen molar-refractivity contribution in [2.45, 2.75) is 70.1 Å². The van der Waals surface area contributed by atoms with Crippen molar-refractivity contribution >= 4 is 46.7 Å². The minimum atomic E-state index is -0.651. The predicted octanol–water partition coefficient (Wildman–Crippen LogP) is 13.2. The minimum Gasteiger partial charge on any atom is -0.494 e. The van der Waals surface area contributed by atoms with Crippen LogP contribution in [0.3, 0.4) is 0 Å². The smallest absolute Gasteiger partial charge is 0.260 e. The molecule has 2 amide bonds. The van der Waals surface area contributed by atoms with E-state index in [9.17, 15) is 14.0 Å². The third kappa shape index (κ3) is 13.3. The minimum absolute atomic E-state index is 0.0780. The van der Waals surface area contributed by atoms with Gasteiger partial charge in [0.2, 0.25) is 11.9 Å². The number of benzene rings is 6. The number of hydrogen-bond donors (Lipinski definition) is 4. The molecular formula is C66H68ClFN10O3. The number of nitrogens with one attached hydrogen (secondary N) is 4. The Morgan fingerprint density at radius 1 is 0.593 bits per heavy atom. The van der Waals surface area contributed by atoms with Crippen molar-refractivity contribution in [1.82, 2.24) is 29.7 Å². The molecule has 2 aliphatic carbocycles. The van der Waals surface area contributed by atoms with Crippen LogP contribution in [0, 0.1) is 5.82 Å². The summed E-state index contributed by atoms with van der Waals surface area (Å²) < 4.78 is 19.6. The molecular weight excluding hydrogens is 1040 g/mol. The van der Waals surface area contributed by atoms with Crippen LogP contribution in [0.1, 0.15) is 111 Å². The lowest BCUT2D eigenvalue weighted by Crippen LogP contribution is -2.22. The van der Waals surface area contributed by atoms with E-state index in [2.05, 4.69) is 95.6 Å². The number of ether oxygens (including phenoxy) is 1. The Kier molecular flexibility index (Phi) is 17.6. The molecule has 0 bridgehead atoms. The van der Waals surface area contributed by atoms with E-state index in [1.165, 1.54) is 86.8 Å². The molecule has 13 nitrogen and oxygen atoms in total. The highest BCUT2D eigenvalue weighted by molar-refractivity contribution is 6.34. The number of rotatable bonds is 18. The van der Waals surface area contributed by atoms with E-state index in [-0.39, 0.29) is 28.3 Å². The van der Waals surface area contributed by atoms with Crippen molar-refractivity contribution in [3.8, 4) is 28.3 Å². The number of carbonyl (C=O) groups is 2. The van der Waals surface area contributed by atoms with Gasteiger partial charge >= 0.3 is 0 Å². The number of fused-ring (bicyclic) bond motifs is 6. The molecule has 2 aliphatic heterocycles. The summed E-state index contributed by atoms with van der Waals surface area (Å²) in [6.07, 6.45) is 13.0. The van der Waals surface area contributed by atoms with Gasteiger partial charge < -0.3 is 35.8 Å². The number of aromatic nitrogens is 4.